The van der Waals surface area contributed by atoms with Crippen LogP contribution in [0.25, 0.3) is 0 Å². The number of aromatic hydroxyl groups is 1. The normalized spacial score (nSPS) is 10.6. The predicted octanol–water partition coefficient (Wildman–Crippen LogP) is 3.20. The maximum absolute atomic E-state index is 12.0. The van der Waals surface area contributed by atoms with Crippen molar-refractivity contribution >= 4 is 12.1 Å². The van der Waals surface area contributed by atoms with E-state index in [-0.39, 0.29) is 11.7 Å². The van der Waals surface area contributed by atoms with Gasteiger partial charge in [0.1, 0.15) is 0 Å². The van der Waals surface area contributed by atoms with E-state index in [0.717, 1.165) is 5.56 Å². The summed E-state index contributed by atoms with van der Waals surface area (Å²) in [4.78, 5) is 12.0. The van der Waals surface area contributed by atoms with Crippen LogP contribution in [0.4, 0.5) is 0 Å². The van der Waals surface area contributed by atoms with Crippen LogP contribution >= 0.6 is 0 Å². The van der Waals surface area contributed by atoms with Gasteiger partial charge in [0.05, 0.1) is 13.3 Å². The van der Waals surface area contributed by atoms with Crippen molar-refractivity contribution < 1.29 is 14.6 Å². The summed E-state index contributed by atoms with van der Waals surface area (Å²) < 4.78 is 5.15. The van der Waals surface area contributed by atoms with Crippen LogP contribution < -0.4 is 10.2 Å². The number of allylic oxidation sites excluding steroid dienone is 1. The smallest absolute Gasteiger partial charge is 0.271 e. The van der Waals surface area contributed by atoms with Crippen molar-refractivity contribution in [1.29, 1.82) is 0 Å². The maximum atomic E-state index is 12.0. The molecule has 124 valence electrons. The molecule has 2 rings (SSSR count). The van der Waals surface area contributed by atoms with Gasteiger partial charge >= 0.3 is 0 Å². The highest BCUT2D eigenvalue weighted by Crippen LogP contribution is 2.31. The van der Waals surface area contributed by atoms with E-state index in [0.29, 0.717) is 28.9 Å². The Morgan fingerprint density at radius 1 is 1.33 bits per heavy atom. The molecule has 0 aliphatic heterocycles. The first-order valence-electron chi connectivity index (χ1n) is 7.46. The molecule has 5 heteroatoms. The Morgan fingerprint density at radius 2 is 2.04 bits per heavy atom. The van der Waals surface area contributed by atoms with Crippen molar-refractivity contribution in [3.8, 4) is 11.5 Å². The number of benzene rings is 2. The maximum Gasteiger partial charge on any atom is 0.271 e. The molecule has 0 unspecified atom stereocenters. The fourth-order valence-corrected chi connectivity index (χ4v) is 2.17. The third kappa shape index (κ3) is 4.23. The predicted molar refractivity (Wildman–Crippen MR) is 94.8 cm³/mol. The molecular weight excluding hydrogens is 304 g/mol. The number of hydrogen-bond acceptors (Lipinski definition) is 4. The molecule has 0 atom stereocenters. The number of methoxy groups -OCH3 is 1. The van der Waals surface area contributed by atoms with Crippen LogP contribution in [-0.4, -0.2) is 24.3 Å². The first-order valence-corrected chi connectivity index (χ1v) is 7.46. The number of aryl methyl sites for hydroxylation is 1. The summed E-state index contributed by atoms with van der Waals surface area (Å²) in [5.74, 6) is 0.141. The molecule has 0 bridgehead atoms. The molecule has 0 fully saturated rings. The van der Waals surface area contributed by atoms with E-state index >= 15 is 0 Å². The average molecular weight is 324 g/mol. The second kappa shape index (κ2) is 7.97. The highest BCUT2D eigenvalue weighted by atomic mass is 16.5. The quantitative estimate of drug-likeness (QED) is 0.487. The molecule has 0 aliphatic rings. The van der Waals surface area contributed by atoms with Gasteiger partial charge in [0.25, 0.3) is 5.91 Å². The highest BCUT2D eigenvalue weighted by Gasteiger charge is 2.09. The van der Waals surface area contributed by atoms with Crippen molar-refractivity contribution in [2.45, 2.75) is 13.3 Å². The van der Waals surface area contributed by atoms with E-state index in [1.165, 1.54) is 13.3 Å². The van der Waals surface area contributed by atoms with Crippen LogP contribution in [0, 0.1) is 6.92 Å². The second-order valence-corrected chi connectivity index (χ2v) is 5.29. The van der Waals surface area contributed by atoms with E-state index in [4.69, 9.17) is 4.74 Å². The summed E-state index contributed by atoms with van der Waals surface area (Å²) in [6, 6.07) is 10.6. The summed E-state index contributed by atoms with van der Waals surface area (Å²) in [6.07, 6.45) is 3.69. The third-order valence-electron chi connectivity index (χ3n) is 3.45. The summed E-state index contributed by atoms with van der Waals surface area (Å²) in [6.45, 7) is 5.62. The Labute approximate surface area is 141 Å². The van der Waals surface area contributed by atoms with Crippen molar-refractivity contribution in [3.63, 3.8) is 0 Å². The minimum absolute atomic E-state index is 0.0817. The molecular formula is C19H20N2O3. The Morgan fingerprint density at radius 3 is 2.67 bits per heavy atom. The zero-order valence-electron chi connectivity index (χ0n) is 13.7. The van der Waals surface area contributed by atoms with Crippen LogP contribution in [0.1, 0.15) is 27.0 Å². The summed E-state index contributed by atoms with van der Waals surface area (Å²) in [5.41, 5.74) is 5.47. The van der Waals surface area contributed by atoms with Crippen LogP contribution in [0.5, 0.6) is 11.5 Å². The SMILES string of the molecule is C=CCc1cc(/C=N/NC(=O)c2ccc(C)cc2)cc(OC)c1O. The van der Waals surface area contributed by atoms with Crippen LogP contribution in [-0.2, 0) is 6.42 Å². The lowest BCUT2D eigenvalue weighted by atomic mass is 10.1. The molecule has 2 aromatic rings. The van der Waals surface area contributed by atoms with Crippen molar-refractivity contribution in [3.05, 3.63) is 71.3 Å². The minimum atomic E-state index is -0.289. The lowest BCUT2D eigenvalue weighted by molar-refractivity contribution is 0.0955. The third-order valence-corrected chi connectivity index (χ3v) is 3.45. The molecule has 1 amide bonds. The van der Waals surface area contributed by atoms with Gasteiger partial charge in [-0.2, -0.15) is 5.10 Å². The summed E-state index contributed by atoms with van der Waals surface area (Å²) >= 11 is 0. The lowest BCUT2D eigenvalue weighted by Gasteiger charge is -2.09. The first kappa shape index (κ1) is 17.3. The molecule has 0 radical (unpaired) electrons. The van der Waals surface area contributed by atoms with Crippen molar-refractivity contribution in [2.75, 3.05) is 7.11 Å². The monoisotopic (exact) mass is 324 g/mol. The van der Waals surface area contributed by atoms with E-state index in [2.05, 4.69) is 17.1 Å². The van der Waals surface area contributed by atoms with Gasteiger partial charge in [0.15, 0.2) is 11.5 Å². The molecule has 2 aromatic carbocycles. The highest BCUT2D eigenvalue weighted by molar-refractivity contribution is 5.95. The Bertz CT molecular complexity index is 765. The zero-order valence-corrected chi connectivity index (χ0v) is 13.7. The molecule has 0 saturated heterocycles. The molecule has 0 aliphatic carbocycles. The van der Waals surface area contributed by atoms with E-state index < -0.39 is 0 Å². The number of carbonyl (C=O) groups is 1. The Hall–Kier alpha value is -3.08. The lowest BCUT2D eigenvalue weighted by Crippen LogP contribution is -2.17. The fourth-order valence-electron chi connectivity index (χ4n) is 2.17. The average Bonchev–Trinajstić information content (AvgIpc) is 2.58. The number of phenolic OH excluding ortho intramolecular Hbond substituents is 1. The number of rotatable bonds is 6. The van der Waals surface area contributed by atoms with Crippen LogP contribution in [0.2, 0.25) is 0 Å². The van der Waals surface area contributed by atoms with Gasteiger partial charge in [0.2, 0.25) is 0 Å². The number of hydrazone groups is 1. The van der Waals surface area contributed by atoms with Gasteiger partial charge in [-0.15, -0.1) is 6.58 Å². The molecule has 2 N–H and O–H groups in total. The molecule has 5 nitrogen and oxygen atoms in total. The summed E-state index contributed by atoms with van der Waals surface area (Å²) in [5, 5.41) is 14.0. The van der Waals surface area contributed by atoms with Crippen LogP contribution in [0.3, 0.4) is 0 Å². The molecule has 24 heavy (non-hydrogen) atoms. The number of phenols is 1. The fraction of sp³-hybridized carbons (Fsp3) is 0.158. The van der Waals surface area contributed by atoms with Crippen molar-refractivity contribution in [1.82, 2.24) is 5.43 Å². The summed E-state index contributed by atoms with van der Waals surface area (Å²) in [7, 11) is 1.48. The van der Waals surface area contributed by atoms with Crippen LogP contribution in [0.15, 0.2) is 54.2 Å². The number of ether oxygens (including phenoxy) is 1. The Kier molecular flexibility index (Phi) is 5.73. The van der Waals surface area contributed by atoms with Gasteiger partial charge in [0, 0.05) is 11.1 Å². The largest absolute Gasteiger partial charge is 0.504 e. The number of hydrogen-bond donors (Lipinski definition) is 2. The number of carbonyl (C=O) groups excluding carboxylic acids is 1. The van der Waals surface area contributed by atoms with Gasteiger partial charge in [-0.1, -0.05) is 23.8 Å². The number of amides is 1. The number of nitrogens with one attached hydrogen (secondary N) is 1. The van der Waals surface area contributed by atoms with Crippen molar-refractivity contribution in [2.24, 2.45) is 5.10 Å². The molecule has 0 heterocycles. The zero-order chi connectivity index (χ0) is 17.5. The van der Waals surface area contributed by atoms with E-state index in [9.17, 15) is 9.90 Å². The van der Waals surface area contributed by atoms with E-state index in [1.807, 2.05) is 19.1 Å². The first-order chi connectivity index (χ1) is 11.5. The minimum Gasteiger partial charge on any atom is -0.504 e. The second-order valence-electron chi connectivity index (χ2n) is 5.29. The standard InChI is InChI=1S/C19H20N2O3/c1-4-5-16-10-14(11-17(24-3)18(16)22)12-20-21-19(23)15-8-6-13(2)7-9-15/h4,6-12,22H,1,5H2,2-3H3,(H,21,23)/b20-12+. The number of nitrogens with zero attached hydrogens (tertiary/aromatic N) is 1. The molecule has 0 aromatic heterocycles. The molecule has 0 spiro atoms. The molecule has 0 saturated carbocycles. The topological polar surface area (TPSA) is 70.9 Å². The Balaban J connectivity index is 2.13. The van der Waals surface area contributed by atoms with Gasteiger partial charge in [-0.25, -0.2) is 5.43 Å². The van der Waals surface area contributed by atoms with E-state index in [1.54, 1.807) is 30.3 Å². The van der Waals surface area contributed by atoms with Gasteiger partial charge in [-0.05, 0) is 43.2 Å². The van der Waals surface area contributed by atoms with Gasteiger partial charge in [-0.3, -0.25) is 4.79 Å². The van der Waals surface area contributed by atoms with Gasteiger partial charge < -0.3 is 9.84 Å².